The summed E-state index contributed by atoms with van der Waals surface area (Å²) in [6, 6.07) is -0.357. The number of carbonyl (C=O) groups excluding carboxylic acids is 7. The molecule has 4 aliphatic rings. The fourth-order valence-corrected chi connectivity index (χ4v) is 7.48. The summed E-state index contributed by atoms with van der Waals surface area (Å²) in [6.07, 6.45) is 0.337. The highest BCUT2D eigenvalue weighted by molar-refractivity contribution is 7.87. The van der Waals surface area contributed by atoms with E-state index in [2.05, 4.69) is 22.6 Å². The first kappa shape index (κ1) is 74.3. The number of ether oxygens (including phenoxy) is 2. The Morgan fingerprint density at radius 3 is 1.18 bits per heavy atom. The van der Waals surface area contributed by atoms with Gasteiger partial charge in [0.05, 0.1) is 44.0 Å². The molecule has 4 saturated heterocycles. The topological polar surface area (TPSA) is 302 Å². The molecule has 29 heteroatoms. The van der Waals surface area contributed by atoms with Crippen LogP contribution in [0.25, 0.3) is 0 Å². The van der Waals surface area contributed by atoms with Gasteiger partial charge in [-0.1, -0.05) is 40.9 Å². The lowest BCUT2D eigenvalue weighted by Crippen LogP contribution is -2.39. The van der Waals surface area contributed by atoms with E-state index in [-0.39, 0.29) is 71.8 Å². The van der Waals surface area contributed by atoms with Crippen molar-refractivity contribution < 1.29 is 101 Å². The van der Waals surface area contributed by atoms with Crippen LogP contribution >= 0.6 is 0 Å². The third-order valence-electron chi connectivity index (χ3n) is 10.1. The normalized spacial score (nSPS) is 17.4. The van der Waals surface area contributed by atoms with Gasteiger partial charge in [0, 0.05) is 48.9 Å². The Labute approximate surface area is 453 Å². The van der Waals surface area contributed by atoms with E-state index < -0.39 is 95.8 Å². The molecular formula is C49H76F5N5O17S2. The summed E-state index contributed by atoms with van der Waals surface area (Å²) in [6.45, 7) is 33.2. The Morgan fingerprint density at radius 1 is 0.564 bits per heavy atom. The van der Waals surface area contributed by atoms with Gasteiger partial charge in [-0.2, -0.15) is 35.7 Å². The number of rotatable bonds is 12. The molecule has 0 radical (unpaired) electrons. The van der Waals surface area contributed by atoms with Crippen molar-refractivity contribution in [2.75, 3.05) is 7.11 Å². The average molecular weight is 1170 g/mol. The summed E-state index contributed by atoms with van der Waals surface area (Å²) in [5, 5.41) is 6.21. The minimum absolute atomic E-state index is 0.0173. The molecule has 22 nitrogen and oxygen atoms in total. The van der Waals surface area contributed by atoms with Crippen molar-refractivity contribution >= 4 is 67.4 Å². The van der Waals surface area contributed by atoms with Crippen LogP contribution in [0.1, 0.15) is 142 Å². The molecule has 1 aromatic rings. The molecule has 1 aromatic carbocycles. The van der Waals surface area contributed by atoms with Crippen molar-refractivity contribution in [1.82, 2.24) is 19.9 Å². The van der Waals surface area contributed by atoms with Crippen LogP contribution in [0.3, 0.4) is 0 Å². The Morgan fingerprint density at radius 2 is 0.936 bits per heavy atom. The molecule has 0 aromatic heterocycles. The van der Waals surface area contributed by atoms with Gasteiger partial charge in [-0.15, -0.1) is 0 Å². The molecule has 2 atom stereocenters. The van der Waals surface area contributed by atoms with Gasteiger partial charge in [0.2, 0.25) is 46.8 Å². The zero-order chi connectivity index (χ0) is 61.8. The number of ketones is 1. The molecule has 4 fully saturated rings. The fraction of sp³-hybridized carbons (Fsp3) is 0.633. The minimum Gasteiger partial charge on any atom is -0.485 e. The average Bonchev–Trinajstić information content (AvgIpc) is 4.02. The van der Waals surface area contributed by atoms with Gasteiger partial charge in [-0.3, -0.25) is 67.6 Å². The molecule has 0 bridgehead atoms. The maximum Gasteiger partial charge on any atom is 0.277 e. The number of carbonyl (C=O) groups is 7. The van der Waals surface area contributed by atoms with Gasteiger partial charge in [-0.25, -0.2) is 13.2 Å². The van der Waals surface area contributed by atoms with Crippen molar-refractivity contribution in [1.29, 1.82) is 5.41 Å². The first-order chi connectivity index (χ1) is 35.4. The maximum absolute atomic E-state index is 12.9. The second-order valence-corrected chi connectivity index (χ2v) is 22.4. The fourth-order valence-electron chi connectivity index (χ4n) is 5.97. The summed E-state index contributed by atoms with van der Waals surface area (Å²) in [5.74, 6) is -12.3. The van der Waals surface area contributed by atoms with Crippen LogP contribution in [0.4, 0.5) is 22.0 Å². The van der Waals surface area contributed by atoms with Gasteiger partial charge >= 0.3 is 0 Å². The minimum atomic E-state index is -4.46. The Hall–Kier alpha value is -5.75. The Bertz CT molecular complexity index is 2500. The Kier molecular flexibility index (Phi) is 31.4. The highest BCUT2D eigenvalue weighted by Crippen LogP contribution is 2.30. The van der Waals surface area contributed by atoms with Crippen LogP contribution in [0.2, 0.25) is 0 Å². The second-order valence-electron chi connectivity index (χ2n) is 19.2. The van der Waals surface area contributed by atoms with E-state index in [1.165, 1.54) is 30.9 Å². The summed E-state index contributed by atoms with van der Waals surface area (Å²) in [4.78, 5) is 89.5. The third-order valence-corrected chi connectivity index (χ3v) is 12.3. The van der Waals surface area contributed by atoms with Gasteiger partial charge < -0.3 is 9.47 Å². The number of hydroxylamine groups is 4. The molecule has 3 N–H and O–H groups in total. The van der Waals surface area contributed by atoms with Gasteiger partial charge in [0.25, 0.3) is 38.0 Å². The number of Topliss-reactive ketones (excluding diaryl/α,β-unsaturated/α-hetero) is 1. The third kappa shape index (κ3) is 24.1. The number of imide groups is 2. The van der Waals surface area contributed by atoms with E-state index in [0.29, 0.717) is 25.2 Å². The molecule has 0 spiro atoms. The highest BCUT2D eigenvalue weighted by atomic mass is 32.2. The lowest BCUT2D eigenvalue weighted by Gasteiger charge is -2.19. The molecular weight excluding hydrogens is 1090 g/mol. The predicted octanol–water partition coefficient (Wildman–Crippen LogP) is 7.41. The predicted molar refractivity (Wildman–Crippen MR) is 274 cm³/mol. The number of methoxy groups -OCH3 is 1. The monoisotopic (exact) mass is 1170 g/mol. The zero-order valence-corrected chi connectivity index (χ0v) is 48.5. The Balaban J connectivity index is 0. The van der Waals surface area contributed by atoms with Crippen LogP contribution in [-0.4, -0.2) is 141 Å². The summed E-state index contributed by atoms with van der Waals surface area (Å²) in [7, 11) is -7.24. The summed E-state index contributed by atoms with van der Waals surface area (Å²) < 4.78 is 133. The highest BCUT2D eigenvalue weighted by Gasteiger charge is 2.47. The van der Waals surface area contributed by atoms with Gasteiger partial charge in [0.15, 0.2) is 16.9 Å². The number of amides is 6. The molecule has 0 aliphatic carbocycles. The molecule has 4 heterocycles. The second kappa shape index (κ2) is 33.0. The molecule has 446 valence electrons. The molecule has 4 aliphatic heterocycles. The van der Waals surface area contributed by atoms with E-state index in [1.807, 2.05) is 55.4 Å². The molecule has 78 heavy (non-hydrogen) atoms. The largest absolute Gasteiger partial charge is 0.485 e. The number of nitrogens with zero attached hydrogens (tertiary/aromatic N) is 4. The standard InChI is InChI=1S/C9H7F5O.C8H13NO5S.C8H13NO2.C7H11NO5S.C7H11NO2.C5H11NO.C5H10O/c1-3(2)15-9-7(13)5(11)4(10)6(12)8(9)14;1-5(2)14-9-6(3)7(4-8(9)10)15(11,12)13;1-6(2)11-9-7(3)4-5-8(9)10;1-4(2)8-6(9)3-5(7(8)10)14(11,12)13;1-5(2)8-6(9)3-4-7(8)10;1-4(2)5(6)7-3;1-4(2)5(3)6/h3H,1-2H3;5,7H,3-4H2,1-2H3,(H,11,12,13);6H,3-5H2,1-2H3;4-5H,3H2,1-2H3,(H,11,12,13);5H,3-4H2,1-2H3;4,6H,1-3H3;4H,1-3H3. The molecule has 6 amide bonds. The van der Waals surface area contributed by atoms with Crippen molar-refractivity contribution in [2.24, 2.45) is 11.8 Å². The summed E-state index contributed by atoms with van der Waals surface area (Å²) >= 11 is 0. The molecule has 2 unspecified atom stereocenters. The van der Waals surface area contributed by atoms with Crippen LogP contribution in [0.15, 0.2) is 24.6 Å². The number of halogens is 5. The summed E-state index contributed by atoms with van der Waals surface area (Å²) in [5.41, 5.74) is 0.722. The number of likely N-dealkylation sites (tertiary alicyclic amines) is 2. The van der Waals surface area contributed by atoms with E-state index >= 15 is 0 Å². The number of hydrogen-bond donors (Lipinski definition) is 3. The first-order valence-corrected chi connectivity index (χ1v) is 27.2. The van der Waals surface area contributed by atoms with E-state index in [9.17, 15) is 72.3 Å². The van der Waals surface area contributed by atoms with Crippen molar-refractivity contribution in [3.8, 4) is 5.75 Å². The SMILES string of the molecule is C=C1C(S(=O)(=O)O)CC(=O)N1OC(C)C.C=C1CCC(=O)N1OC(C)C.CC(=O)C(C)C.CC(C)N1C(=O)CC(S(=O)(=O)O)C1=O.CC(C)N1C(=O)CCC1=O.CC(C)Oc1c(F)c(F)c(F)c(F)c1F.COC(=N)C(C)C. The van der Waals surface area contributed by atoms with Crippen LogP contribution in [0, 0.1) is 46.3 Å². The van der Waals surface area contributed by atoms with E-state index in [0.717, 1.165) is 22.1 Å². The lowest BCUT2D eigenvalue weighted by molar-refractivity contribution is -0.180. The molecule has 0 saturated carbocycles. The van der Waals surface area contributed by atoms with Crippen LogP contribution < -0.4 is 4.74 Å². The van der Waals surface area contributed by atoms with Gasteiger partial charge in [-0.05, 0) is 82.6 Å². The maximum atomic E-state index is 12.9. The van der Waals surface area contributed by atoms with E-state index in [1.54, 1.807) is 34.6 Å². The number of benzene rings is 1. The van der Waals surface area contributed by atoms with Crippen molar-refractivity contribution in [2.45, 2.75) is 183 Å². The van der Waals surface area contributed by atoms with Crippen molar-refractivity contribution in [3.63, 3.8) is 0 Å². The lowest BCUT2D eigenvalue weighted by atomic mass is 10.1. The number of allylic oxidation sites excluding steroid dienone is 1. The van der Waals surface area contributed by atoms with Crippen LogP contribution in [-0.2, 0) is 68.2 Å². The van der Waals surface area contributed by atoms with Gasteiger partial charge in [0.1, 0.15) is 11.0 Å². The van der Waals surface area contributed by atoms with Crippen molar-refractivity contribution in [3.05, 3.63) is 53.6 Å². The quantitative estimate of drug-likeness (QED) is 0.0349. The van der Waals surface area contributed by atoms with E-state index in [4.69, 9.17) is 24.2 Å². The first-order valence-electron chi connectivity index (χ1n) is 24.2. The number of hydrogen-bond acceptors (Lipinski definition) is 16. The number of nitrogens with one attached hydrogen (secondary N) is 1. The molecule has 5 rings (SSSR count). The van der Waals surface area contributed by atoms with Crippen LogP contribution in [0.5, 0.6) is 5.75 Å². The zero-order valence-electron chi connectivity index (χ0n) is 46.9. The smallest absolute Gasteiger partial charge is 0.277 e.